The molecule has 0 spiro atoms. The lowest BCUT2D eigenvalue weighted by molar-refractivity contribution is 0.511. The zero-order chi connectivity index (χ0) is 17.7. The molecular weight excluding hydrogens is 346 g/mol. The summed E-state index contributed by atoms with van der Waals surface area (Å²) in [6.07, 6.45) is 0. The Morgan fingerprint density at radius 1 is 1.12 bits per heavy atom. The minimum atomic E-state index is -0.920. The first kappa shape index (κ1) is 15.8. The molecule has 0 atom stereocenters. The second-order valence-electron chi connectivity index (χ2n) is 5.96. The number of hydrogen-bond donors (Lipinski definition) is 0. The fraction of sp³-hybridized carbons (Fsp3) is 0.250. The maximum atomic E-state index is 14.0. The van der Waals surface area contributed by atoms with E-state index in [1.165, 1.54) is 16.6 Å². The minimum absolute atomic E-state index is 0.106. The quantitative estimate of drug-likeness (QED) is 0.559. The summed E-state index contributed by atoms with van der Waals surface area (Å²) in [4.78, 5) is 0.501. The fourth-order valence-electron chi connectivity index (χ4n) is 2.54. The molecule has 0 amide bonds. The molecule has 6 nitrogen and oxygen atoms in total. The number of hydrogen-bond acceptors (Lipinski definition) is 5. The Hall–Kier alpha value is -2.68. The first-order valence-corrected chi connectivity index (χ1v) is 8.48. The van der Waals surface area contributed by atoms with E-state index in [2.05, 4.69) is 34.2 Å². The van der Waals surface area contributed by atoms with Gasteiger partial charge in [-0.2, -0.15) is 14.7 Å². The van der Waals surface area contributed by atoms with E-state index < -0.39 is 11.6 Å². The van der Waals surface area contributed by atoms with Gasteiger partial charge in [-0.05, 0) is 24.1 Å². The molecule has 4 rings (SSSR count). The molecule has 128 valence electrons. The normalized spacial score (nSPS) is 11.8. The minimum Gasteiger partial charge on any atom is -0.264 e. The number of benzene rings is 1. The highest BCUT2D eigenvalue weighted by molar-refractivity contribution is 7.19. The Morgan fingerprint density at radius 2 is 1.92 bits per heavy atom. The number of halogens is 2. The van der Waals surface area contributed by atoms with Gasteiger partial charge in [0.1, 0.15) is 5.69 Å². The predicted molar refractivity (Wildman–Crippen MR) is 90.3 cm³/mol. The first-order valence-electron chi connectivity index (χ1n) is 7.66. The summed E-state index contributed by atoms with van der Waals surface area (Å²) in [5, 5.41) is 17.5. The van der Waals surface area contributed by atoms with Gasteiger partial charge in [0.2, 0.25) is 10.8 Å². The molecule has 0 saturated heterocycles. The Bertz CT molecular complexity index is 1080. The third kappa shape index (κ3) is 2.51. The number of aryl methyl sites for hydroxylation is 1. The van der Waals surface area contributed by atoms with E-state index in [0.29, 0.717) is 15.8 Å². The van der Waals surface area contributed by atoms with Gasteiger partial charge in [-0.15, -0.1) is 10.2 Å². The van der Waals surface area contributed by atoms with Crippen molar-refractivity contribution in [2.24, 2.45) is 7.05 Å². The van der Waals surface area contributed by atoms with Gasteiger partial charge in [-0.3, -0.25) is 4.68 Å². The largest absolute Gasteiger partial charge is 0.264 e. The van der Waals surface area contributed by atoms with Crippen LogP contribution >= 0.6 is 11.3 Å². The fourth-order valence-corrected chi connectivity index (χ4v) is 3.39. The second-order valence-corrected chi connectivity index (χ2v) is 6.92. The van der Waals surface area contributed by atoms with Gasteiger partial charge >= 0.3 is 0 Å². The topological polar surface area (TPSA) is 60.9 Å². The van der Waals surface area contributed by atoms with Crippen LogP contribution in [-0.4, -0.2) is 29.6 Å². The maximum Gasteiger partial charge on any atom is 0.235 e. The number of fused-ring (bicyclic) bond motifs is 1. The summed E-state index contributed by atoms with van der Waals surface area (Å²) in [5.41, 5.74) is 1.79. The van der Waals surface area contributed by atoms with Crippen molar-refractivity contribution >= 4 is 16.3 Å². The van der Waals surface area contributed by atoms with Gasteiger partial charge in [0.15, 0.2) is 16.6 Å². The molecule has 9 heteroatoms. The van der Waals surface area contributed by atoms with Crippen LogP contribution in [0.25, 0.3) is 27.1 Å². The van der Waals surface area contributed by atoms with E-state index in [1.807, 2.05) is 13.1 Å². The summed E-state index contributed by atoms with van der Waals surface area (Å²) in [6.45, 7) is 4.11. The highest BCUT2D eigenvalue weighted by Gasteiger charge is 2.20. The number of rotatable bonds is 3. The molecule has 0 N–H and O–H groups in total. The SMILES string of the molecule is CC(C)c1cc(-c2nnc3sc(-c4cccc(F)c4F)nn23)n(C)n1. The zero-order valence-corrected chi connectivity index (χ0v) is 14.6. The molecule has 0 saturated carbocycles. The van der Waals surface area contributed by atoms with E-state index in [4.69, 9.17) is 0 Å². The van der Waals surface area contributed by atoms with Gasteiger partial charge in [-0.1, -0.05) is 31.3 Å². The van der Waals surface area contributed by atoms with Crippen LogP contribution in [0.3, 0.4) is 0 Å². The lowest BCUT2D eigenvalue weighted by Gasteiger charge is -1.99. The molecule has 0 fully saturated rings. The van der Waals surface area contributed by atoms with Crippen LogP contribution in [0.5, 0.6) is 0 Å². The van der Waals surface area contributed by atoms with Crippen molar-refractivity contribution in [3.05, 3.63) is 41.6 Å². The summed E-state index contributed by atoms with van der Waals surface area (Å²) < 4.78 is 30.8. The third-order valence-electron chi connectivity index (χ3n) is 3.89. The van der Waals surface area contributed by atoms with Crippen LogP contribution in [0.2, 0.25) is 0 Å². The smallest absolute Gasteiger partial charge is 0.235 e. The van der Waals surface area contributed by atoms with Gasteiger partial charge in [0.25, 0.3) is 0 Å². The molecule has 1 aromatic carbocycles. The third-order valence-corrected chi connectivity index (χ3v) is 4.82. The van der Waals surface area contributed by atoms with Gasteiger partial charge in [0.05, 0.1) is 11.3 Å². The van der Waals surface area contributed by atoms with Crippen molar-refractivity contribution in [1.29, 1.82) is 0 Å². The van der Waals surface area contributed by atoms with E-state index >= 15 is 0 Å². The van der Waals surface area contributed by atoms with Crippen molar-refractivity contribution in [2.75, 3.05) is 0 Å². The van der Waals surface area contributed by atoms with Crippen LogP contribution in [0.4, 0.5) is 8.78 Å². The first-order chi connectivity index (χ1) is 12.0. The summed E-state index contributed by atoms with van der Waals surface area (Å²) >= 11 is 1.15. The molecule has 0 aliphatic carbocycles. The molecular formula is C16H14F2N6S. The van der Waals surface area contributed by atoms with Crippen molar-refractivity contribution in [2.45, 2.75) is 19.8 Å². The summed E-state index contributed by atoms with van der Waals surface area (Å²) in [6, 6.07) is 5.95. The van der Waals surface area contributed by atoms with Crippen molar-refractivity contribution in [3.8, 4) is 22.1 Å². The molecule has 0 aliphatic rings. The van der Waals surface area contributed by atoms with Crippen LogP contribution in [0, 0.1) is 11.6 Å². The number of aromatic nitrogens is 6. The number of nitrogens with zero attached hydrogens (tertiary/aromatic N) is 6. The molecule has 0 bridgehead atoms. The van der Waals surface area contributed by atoms with Crippen LogP contribution in [-0.2, 0) is 7.05 Å². The lowest BCUT2D eigenvalue weighted by Crippen LogP contribution is -1.99. The van der Waals surface area contributed by atoms with Crippen molar-refractivity contribution < 1.29 is 8.78 Å². The molecule has 3 aromatic heterocycles. The highest BCUT2D eigenvalue weighted by Crippen LogP contribution is 2.31. The summed E-state index contributed by atoms with van der Waals surface area (Å²) in [5.74, 6) is -1.04. The molecule has 0 aliphatic heterocycles. The van der Waals surface area contributed by atoms with Crippen LogP contribution < -0.4 is 0 Å². The van der Waals surface area contributed by atoms with Crippen molar-refractivity contribution in [3.63, 3.8) is 0 Å². The molecule has 0 radical (unpaired) electrons. The monoisotopic (exact) mass is 360 g/mol. The summed E-state index contributed by atoms with van der Waals surface area (Å²) in [7, 11) is 1.82. The van der Waals surface area contributed by atoms with E-state index in [-0.39, 0.29) is 11.5 Å². The Labute approximate surface area is 145 Å². The average Bonchev–Trinajstić information content (AvgIpc) is 3.24. The van der Waals surface area contributed by atoms with Gasteiger partial charge in [-0.25, -0.2) is 8.78 Å². The van der Waals surface area contributed by atoms with E-state index in [1.54, 1.807) is 4.68 Å². The Morgan fingerprint density at radius 3 is 2.64 bits per heavy atom. The van der Waals surface area contributed by atoms with E-state index in [0.717, 1.165) is 28.8 Å². The average molecular weight is 360 g/mol. The maximum absolute atomic E-state index is 14.0. The second kappa shape index (κ2) is 5.69. The van der Waals surface area contributed by atoms with Crippen molar-refractivity contribution in [1.82, 2.24) is 29.6 Å². The molecule has 0 unspecified atom stereocenters. The van der Waals surface area contributed by atoms with Crippen LogP contribution in [0.15, 0.2) is 24.3 Å². The Balaban J connectivity index is 1.86. The molecule has 4 aromatic rings. The van der Waals surface area contributed by atoms with E-state index in [9.17, 15) is 8.78 Å². The van der Waals surface area contributed by atoms with Gasteiger partial charge < -0.3 is 0 Å². The predicted octanol–water partition coefficient (Wildman–Crippen LogP) is 3.65. The lowest BCUT2D eigenvalue weighted by atomic mass is 10.1. The standard InChI is InChI=1S/C16H14F2N6S/c1-8(2)11-7-12(23(3)21-11)14-19-20-16-24(14)22-15(25-16)9-5-4-6-10(17)13(9)18/h4-8H,1-3H3. The Kier molecular flexibility index (Phi) is 3.60. The highest BCUT2D eigenvalue weighted by atomic mass is 32.1. The molecule has 3 heterocycles. The zero-order valence-electron chi connectivity index (χ0n) is 13.7. The molecule has 25 heavy (non-hydrogen) atoms. The van der Waals surface area contributed by atoms with Crippen LogP contribution in [0.1, 0.15) is 25.5 Å². The van der Waals surface area contributed by atoms with Gasteiger partial charge in [0, 0.05) is 7.05 Å².